The van der Waals surface area contributed by atoms with Gasteiger partial charge >= 0.3 is 0 Å². The van der Waals surface area contributed by atoms with Crippen LogP contribution in [-0.2, 0) is 6.54 Å². The first-order valence-electron chi connectivity index (χ1n) is 5.68. The van der Waals surface area contributed by atoms with E-state index in [1.165, 1.54) is 6.07 Å². The summed E-state index contributed by atoms with van der Waals surface area (Å²) >= 11 is 0. The summed E-state index contributed by atoms with van der Waals surface area (Å²) in [4.78, 5) is 0. The molecule has 1 N–H and O–H groups in total. The maximum atomic E-state index is 13.1. The number of aryl methyl sites for hydroxylation is 1. The van der Waals surface area contributed by atoms with Crippen molar-refractivity contribution in [3.05, 3.63) is 59.3 Å². The van der Waals surface area contributed by atoms with Crippen molar-refractivity contribution in [3.63, 3.8) is 0 Å². The molecule has 0 aliphatic rings. The Kier molecular flexibility index (Phi) is 3.59. The van der Waals surface area contributed by atoms with Crippen molar-refractivity contribution in [2.45, 2.75) is 26.4 Å². The van der Waals surface area contributed by atoms with Crippen LogP contribution in [0.2, 0.25) is 0 Å². The van der Waals surface area contributed by atoms with E-state index in [0.29, 0.717) is 12.1 Å². The Labute approximate surface area is 100 Å². The fourth-order valence-corrected chi connectivity index (χ4v) is 1.73. The van der Waals surface area contributed by atoms with Crippen LogP contribution in [0.15, 0.2) is 41.0 Å². The third kappa shape index (κ3) is 2.94. The predicted molar refractivity (Wildman–Crippen MR) is 65.1 cm³/mol. The van der Waals surface area contributed by atoms with E-state index in [4.69, 9.17) is 4.42 Å². The molecule has 1 atom stereocenters. The Morgan fingerprint density at radius 3 is 2.82 bits per heavy atom. The summed E-state index contributed by atoms with van der Waals surface area (Å²) in [5.74, 6) is 0.747. The third-order valence-electron chi connectivity index (χ3n) is 2.80. The van der Waals surface area contributed by atoms with Crippen LogP contribution in [0.25, 0.3) is 0 Å². The van der Waals surface area contributed by atoms with Crippen molar-refractivity contribution in [2.75, 3.05) is 0 Å². The second kappa shape index (κ2) is 5.15. The minimum atomic E-state index is -0.159. The second-order valence-corrected chi connectivity index (χ2v) is 4.20. The highest BCUT2D eigenvalue weighted by molar-refractivity contribution is 5.23. The molecule has 1 heterocycles. The Hall–Kier alpha value is -1.61. The van der Waals surface area contributed by atoms with E-state index in [9.17, 15) is 4.39 Å². The van der Waals surface area contributed by atoms with E-state index in [-0.39, 0.29) is 11.9 Å². The quantitative estimate of drug-likeness (QED) is 0.873. The molecule has 2 nitrogen and oxygen atoms in total. The van der Waals surface area contributed by atoms with Crippen molar-refractivity contribution in [1.29, 1.82) is 0 Å². The van der Waals surface area contributed by atoms with Crippen LogP contribution < -0.4 is 5.32 Å². The first kappa shape index (κ1) is 11.9. The van der Waals surface area contributed by atoms with Gasteiger partial charge in [-0.15, -0.1) is 0 Å². The number of benzene rings is 1. The van der Waals surface area contributed by atoms with Crippen molar-refractivity contribution >= 4 is 0 Å². The van der Waals surface area contributed by atoms with Gasteiger partial charge in [-0.3, -0.25) is 0 Å². The highest BCUT2D eigenvalue weighted by Crippen LogP contribution is 2.14. The maximum absolute atomic E-state index is 13.1. The van der Waals surface area contributed by atoms with Gasteiger partial charge in [0.1, 0.15) is 11.6 Å². The van der Waals surface area contributed by atoms with Gasteiger partial charge in [-0.1, -0.05) is 12.1 Å². The molecule has 1 aromatic heterocycles. The van der Waals surface area contributed by atoms with Crippen LogP contribution in [0.5, 0.6) is 0 Å². The number of nitrogens with one attached hydrogen (secondary N) is 1. The lowest BCUT2D eigenvalue weighted by Crippen LogP contribution is -2.17. The molecule has 17 heavy (non-hydrogen) atoms. The molecular formula is C14H16FNO. The molecule has 0 aliphatic carbocycles. The Morgan fingerprint density at radius 2 is 2.18 bits per heavy atom. The zero-order valence-corrected chi connectivity index (χ0v) is 10.0. The Balaban J connectivity index is 1.96. The van der Waals surface area contributed by atoms with Gasteiger partial charge in [0.2, 0.25) is 0 Å². The van der Waals surface area contributed by atoms with E-state index < -0.39 is 0 Å². The van der Waals surface area contributed by atoms with Gasteiger partial charge < -0.3 is 9.73 Å². The van der Waals surface area contributed by atoms with Gasteiger partial charge in [0.25, 0.3) is 0 Å². The van der Waals surface area contributed by atoms with Crippen molar-refractivity contribution < 1.29 is 8.81 Å². The minimum absolute atomic E-state index is 0.148. The Morgan fingerprint density at radius 1 is 1.35 bits per heavy atom. The average molecular weight is 233 g/mol. The van der Waals surface area contributed by atoms with Gasteiger partial charge in [-0.05, 0) is 43.2 Å². The lowest BCUT2D eigenvalue weighted by molar-refractivity contribution is 0.430. The summed E-state index contributed by atoms with van der Waals surface area (Å²) in [6.45, 7) is 4.51. The molecule has 0 spiro atoms. The average Bonchev–Trinajstić information content (AvgIpc) is 2.84. The highest BCUT2D eigenvalue weighted by atomic mass is 19.1. The monoisotopic (exact) mass is 233 g/mol. The topological polar surface area (TPSA) is 25.2 Å². The Bertz CT molecular complexity index is 479. The molecule has 0 amide bonds. The van der Waals surface area contributed by atoms with Gasteiger partial charge in [0.15, 0.2) is 0 Å². The summed E-state index contributed by atoms with van der Waals surface area (Å²) in [6, 6.07) is 9.12. The summed E-state index contributed by atoms with van der Waals surface area (Å²) in [7, 11) is 0. The van der Waals surface area contributed by atoms with E-state index in [1.54, 1.807) is 19.3 Å². The SMILES string of the molecule is Cc1cc(CNC(C)c2ccco2)ccc1F. The number of rotatable bonds is 4. The number of halogens is 1. The largest absolute Gasteiger partial charge is 0.468 e. The molecule has 90 valence electrons. The fourth-order valence-electron chi connectivity index (χ4n) is 1.73. The third-order valence-corrected chi connectivity index (χ3v) is 2.80. The zero-order valence-electron chi connectivity index (χ0n) is 10.0. The molecule has 3 heteroatoms. The molecule has 1 aromatic carbocycles. The first-order valence-corrected chi connectivity index (χ1v) is 5.68. The number of furan rings is 1. The van der Waals surface area contributed by atoms with Crippen molar-refractivity contribution in [2.24, 2.45) is 0 Å². The molecule has 0 fully saturated rings. The molecule has 0 saturated heterocycles. The molecular weight excluding hydrogens is 217 g/mol. The summed E-state index contributed by atoms with van der Waals surface area (Å²) in [5, 5.41) is 3.33. The van der Waals surface area contributed by atoms with Crippen LogP contribution in [0.1, 0.15) is 29.9 Å². The van der Waals surface area contributed by atoms with Gasteiger partial charge in [0.05, 0.1) is 12.3 Å². The van der Waals surface area contributed by atoms with Crippen molar-refractivity contribution in [3.8, 4) is 0 Å². The predicted octanol–water partition coefficient (Wildman–Crippen LogP) is 3.58. The smallest absolute Gasteiger partial charge is 0.126 e. The lowest BCUT2D eigenvalue weighted by Gasteiger charge is -2.11. The first-order chi connectivity index (χ1) is 8.16. The lowest BCUT2D eigenvalue weighted by atomic mass is 10.1. The molecule has 0 bridgehead atoms. The molecule has 2 rings (SSSR count). The normalized spacial score (nSPS) is 12.6. The van der Waals surface area contributed by atoms with E-state index in [2.05, 4.69) is 5.32 Å². The van der Waals surface area contributed by atoms with E-state index >= 15 is 0 Å². The van der Waals surface area contributed by atoms with Crippen LogP contribution in [-0.4, -0.2) is 0 Å². The van der Waals surface area contributed by atoms with Crippen LogP contribution in [0, 0.1) is 12.7 Å². The summed E-state index contributed by atoms with van der Waals surface area (Å²) < 4.78 is 18.4. The van der Waals surface area contributed by atoms with Crippen LogP contribution >= 0.6 is 0 Å². The zero-order chi connectivity index (χ0) is 12.3. The molecule has 1 unspecified atom stereocenters. The molecule has 0 radical (unpaired) electrons. The van der Waals surface area contributed by atoms with Crippen LogP contribution in [0.3, 0.4) is 0 Å². The van der Waals surface area contributed by atoms with E-state index in [0.717, 1.165) is 11.3 Å². The van der Waals surface area contributed by atoms with Gasteiger partial charge in [-0.2, -0.15) is 0 Å². The second-order valence-electron chi connectivity index (χ2n) is 4.20. The molecule has 0 aliphatic heterocycles. The van der Waals surface area contributed by atoms with Gasteiger partial charge in [-0.25, -0.2) is 4.39 Å². The summed E-state index contributed by atoms with van der Waals surface area (Å²) in [6.07, 6.45) is 1.66. The van der Waals surface area contributed by atoms with Crippen LogP contribution in [0.4, 0.5) is 4.39 Å². The molecule has 2 aromatic rings. The number of hydrogen-bond acceptors (Lipinski definition) is 2. The highest BCUT2D eigenvalue weighted by Gasteiger charge is 2.07. The summed E-state index contributed by atoms with van der Waals surface area (Å²) in [5.41, 5.74) is 1.75. The fraction of sp³-hybridized carbons (Fsp3) is 0.286. The minimum Gasteiger partial charge on any atom is -0.468 e. The van der Waals surface area contributed by atoms with E-state index in [1.807, 2.05) is 25.1 Å². The maximum Gasteiger partial charge on any atom is 0.126 e. The van der Waals surface area contributed by atoms with Gasteiger partial charge in [0, 0.05) is 6.54 Å². The van der Waals surface area contributed by atoms with Crippen molar-refractivity contribution in [1.82, 2.24) is 5.32 Å². The standard InChI is InChI=1S/C14H16FNO/c1-10-8-12(5-6-13(10)15)9-16-11(2)14-4-3-7-17-14/h3-8,11,16H,9H2,1-2H3. The molecule has 0 saturated carbocycles. The number of hydrogen-bond donors (Lipinski definition) is 1.